The first-order valence-electron chi connectivity index (χ1n) is 8.03. The smallest absolute Gasteiger partial charge is 0.240 e. The maximum atomic E-state index is 12.1. The standard InChI is InChI=1S/C17H26N4O2S/c1-12(2)9-10-18-17(24)21-20-16(23)11-15(19-13(3)22)14-7-5-4-6-8-14/h4-8,12,15H,9-11H2,1-3H3,(H,19,22)(H,20,23)(H2,18,21,24)/t15-/m1/s1. The van der Waals surface area contributed by atoms with Crippen molar-refractivity contribution in [3.63, 3.8) is 0 Å². The van der Waals surface area contributed by atoms with Crippen molar-refractivity contribution < 1.29 is 9.59 Å². The van der Waals surface area contributed by atoms with Gasteiger partial charge in [0.1, 0.15) is 0 Å². The van der Waals surface area contributed by atoms with Gasteiger partial charge in [0.25, 0.3) is 0 Å². The Labute approximate surface area is 148 Å². The summed E-state index contributed by atoms with van der Waals surface area (Å²) >= 11 is 5.09. The van der Waals surface area contributed by atoms with Crippen molar-refractivity contribution in [2.24, 2.45) is 5.92 Å². The fourth-order valence-electron chi connectivity index (χ4n) is 2.06. The van der Waals surface area contributed by atoms with Gasteiger partial charge in [-0.05, 0) is 30.1 Å². The van der Waals surface area contributed by atoms with Gasteiger partial charge in [-0.3, -0.25) is 20.4 Å². The molecule has 0 aliphatic heterocycles. The quantitative estimate of drug-likeness (QED) is 0.445. The van der Waals surface area contributed by atoms with Crippen LogP contribution in [0.1, 0.15) is 45.2 Å². The van der Waals surface area contributed by atoms with E-state index in [1.807, 2.05) is 30.3 Å². The summed E-state index contributed by atoms with van der Waals surface area (Å²) in [6.45, 7) is 6.44. The number of hydrogen-bond donors (Lipinski definition) is 4. The molecular formula is C17H26N4O2S. The van der Waals surface area contributed by atoms with E-state index in [4.69, 9.17) is 12.2 Å². The van der Waals surface area contributed by atoms with Crippen molar-refractivity contribution in [3.05, 3.63) is 35.9 Å². The molecule has 0 aliphatic carbocycles. The van der Waals surface area contributed by atoms with Crippen molar-refractivity contribution in [1.29, 1.82) is 0 Å². The Morgan fingerprint density at radius 3 is 2.38 bits per heavy atom. The second kappa shape index (κ2) is 10.6. The zero-order valence-corrected chi connectivity index (χ0v) is 15.2. The number of hydrogen-bond acceptors (Lipinski definition) is 3. The van der Waals surface area contributed by atoms with Crippen molar-refractivity contribution in [2.45, 2.75) is 39.7 Å². The molecule has 0 aliphatic rings. The van der Waals surface area contributed by atoms with Gasteiger partial charge in [-0.25, -0.2) is 0 Å². The fourth-order valence-corrected chi connectivity index (χ4v) is 2.22. The molecule has 0 bridgehead atoms. The maximum absolute atomic E-state index is 12.1. The van der Waals surface area contributed by atoms with Crippen LogP contribution in [0.2, 0.25) is 0 Å². The molecule has 1 rings (SSSR count). The van der Waals surface area contributed by atoms with Crippen LogP contribution in [-0.4, -0.2) is 23.5 Å². The zero-order valence-electron chi connectivity index (χ0n) is 14.4. The van der Waals surface area contributed by atoms with Crippen molar-refractivity contribution in [1.82, 2.24) is 21.5 Å². The van der Waals surface area contributed by atoms with E-state index >= 15 is 0 Å². The Balaban J connectivity index is 2.45. The molecule has 4 N–H and O–H groups in total. The maximum Gasteiger partial charge on any atom is 0.240 e. The number of nitrogens with one attached hydrogen (secondary N) is 4. The van der Waals surface area contributed by atoms with E-state index in [1.165, 1.54) is 6.92 Å². The third kappa shape index (κ3) is 8.47. The summed E-state index contributed by atoms with van der Waals surface area (Å²) in [7, 11) is 0. The lowest BCUT2D eigenvalue weighted by atomic mass is 10.0. The highest BCUT2D eigenvalue weighted by atomic mass is 32.1. The number of carbonyl (C=O) groups is 2. The Morgan fingerprint density at radius 2 is 1.79 bits per heavy atom. The minimum Gasteiger partial charge on any atom is -0.361 e. The van der Waals surface area contributed by atoms with Gasteiger partial charge in [-0.1, -0.05) is 44.2 Å². The molecule has 0 radical (unpaired) electrons. The molecule has 0 unspecified atom stereocenters. The van der Waals surface area contributed by atoms with Crippen LogP contribution in [0.15, 0.2) is 30.3 Å². The molecule has 1 aromatic carbocycles. The highest BCUT2D eigenvalue weighted by molar-refractivity contribution is 7.80. The van der Waals surface area contributed by atoms with Gasteiger partial charge in [0, 0.05) is 13.5 Å². The third-order valence-electron chi connectivity index (χ3n) is 3.29. The molecule has 0 saturated heterocycles. The van der Waals surface area contributed by atoms with Crippen LogP contribution in [0.25, 0.3) is 0 Å². The molecule has 24 heavy (non-hydrogen) atoms. The Hall–Kier alpha value is -2.15. The molecule has 0 spiro atoms. The molecule has 0 heterocycles. The van der Waals surface area contributed by atoms with Crippen molar-refractivity contribution in [2.75, 3.05) is 6.54 Å². The van der Waals surface area contributed by atoms with Crippen molar-refractivity contribution >= 4 is 29.1 Å². The number of thiocarbonyl (C=S) groups is 1. The van der Waals surface area contributed by atoms with Crippen LogP contribution in [0, 0.1) is 5.92 Å². The van der Waals surface area contributed by atoms with E-state index in [9.17, 15) is 9.59 Å². The van der Waals surface area contributed by atoms with Gasteiger partial charge in [-0.15, -0.1) is 0 Å². The Morgan fingerprint density at radius 1 is 1.12 bits per heavy atom. The van der Waals surface area contributed by atoms with Gasteiger partial charge >= 0.3 is 0 Å². The topological polar surface area (TPSA) is 82.3 Å². The summed E-state index contributed by atoms with van der Waals surface area (Å²) in [5.74, 6) is 0.139. The Kier molecular flexibility index (Phi) is 8.78. The van der Waals surface area contributed by atoms with E-state index in [0.29, 0.717) is 11.0 Å². The van der Waals surface area contributed by atoms with E-state index in [2.05, 4.69) is 35.3 Å². The molecule has 0 saturated carbocycles. The number of amides is 2. The summed E-state index contributed by atoms with van der Waals surface area (Å²) in [6.07, 6.45) is 1.11. The van der Waals surface area contributed by atoms with E-state index < -0.39 is 0 Å². The highest BCUT2D eigenvalue weighted by Crippen LogP contribution is 2.16. The number of hydrazine groups is 1. The van der Waals surface area contributed by atoms with Crippen LogP contribution in [0.5, 0.6) is 0 Å². The fraction of sp³-hybridized carbons (Fsp3) is 0.471. The van der Waals surface area contributed by atoms with E-state index in [1.54, 1.807) is 0 Å². The van der Waals surface area contributed by atoms with Gasteiger partial charge in [0.15, 0.2) is 5.11 Å². The molecule has 2 amide bonds. The zero-order chi connectivity index (χ0) is 17.9. The third-order valence-corrected chi connectivity index (χ3v) is 3.54. The number of benzene rings is 1. The van der Waals surface area contributed by atoms with Crippen LogP contribution in [-0.2, 0) is 9.59 Å². The van der Waals surface area contributed by atoms with Crippen LogP contribution < -0.4 is 21.5 Å². The second-order valence-electron chi connectivity index (χ2n) is 5.98. The normalized spacial score (nSPS) is 11.5. The van der Waals surface area contributed by atoms with Crippen LogP contribution >= 0.6 is 12.2 Å². The summed E-state index contributed by atoms with van der Waals surface area (Å²) in [6, 6.07) is 8.99. The van der Waals surface area contributed by atoms with E-state index in [-0.39, 0.29) is 24.3 Å². The highest BCUT2D eigenvalue weighted by Gasteiger charge is 2.16. The molecular weight excluding hydrogens is 324 g/mol. The largest absolute Gasteiger partial charge is 0.361 e. The number of carbonyl (C=O) groups excluding carboxylic acids is 2. The molecule has 6 nitrogen and oxygen atoms in total. The average Bonchev–Trinajstić information content (AvgIpc) is 2.52. The molecule has 1 atom stereocenters. The lowest BCUT2D eigenvalue weighted by Gasteiger charge is -2.19. The second-order valence-corrected chi connectivity index (χ2v) is 6.39. The number of rotatable bonds is 7. The summed E-state index contributed by atoms with van der Waals surface area (Å²) in [5, 5.41) is 6.18. The predicted molar refractivity (Wildman–Crippen MR) is 99.0 cm³/mol. The van der Waals surface area contributed by atoms with Gasteiger partial charge in [0.2, 0.25) is 11.8 Å². The van der Waals surface area contributed by atoms with Crippen LogP contribution in [0.4, 0.5) is 0 Å². The first-order valence-corrected chi connectivity index (χ1v) is 8.44. The molecule has 132 valence electrons. The van der Waals surface area contributed by atoms with Gasteiger partial charge in [-0.2, -0.15) is 0 Å². The molecule has 0 fully saturated rings. The van der Waals surface area contributed by atoms with Crippen LogP contribution in [0.3, 0.4) is 0 Å². The monoisotopic (exact) mass is 350 g/mol. The SMILES string of the molecule is CC(=O)N[C@H](CC(=O)NNC(=S)NCCC(C)C)c1ccccc1. The molecule has 1 aromatic rings. The first kappa shape index (κ1) is 19.9. The van der Waals surface area contributed by atoms with E-state index in [0.717, 1.165) is 18.5 Å². The first-order chi connectivity index (χ1) is 11.4. The van der Waals surface area contributed by atoms with Crippen molar-refractivity contribution in [3.8, 4) is 0 Å². The van der Waals surface area contributed by atoms with Gasteiger partial charge in [0.05, 0.1) is 12.5 Å². The summed E-state index contributed by atoms with van der Waals surface area (Å²) in [5.41, 5.74) is 6.10. The Bertz CT molecular complexity index is 549. The predicted octanol–water partition coefficient (Wildman–Crippen LogP) is 1.80. The summed E-state index contributed by atoms with van der Waals surface area (Å²) in [4.78, 5) is 23.4. The lowest BCUT2D eigenvalue weighted by Crippen LogP contribution is -2.47. The summed E-state index contributed by atoms with van der Waals surface area (Å²) < 4.78 is 0. The van der Waals surface area contributed by atoms with Gasteiger partial charge < -0.3 is 10.6 Å². The average molecular weight is 350 g/mol. The minimum atomic E-state index is -0.382. The minimum absolute atomic E-state index is 0.116. The molecule has 0 aromatic heterocycles. The lowest BCUT2D eigenvalue weighted by molar-refractivity contribution is -0.123. The molecule has 7 heteroatoms.